The lowest BCUT2D eigenvalue weighted by atomic mass is 9.99. The van der Waals surface area contributed by atoms with Crippen LogP contribution in [0.25, 0.3) is 11.0 Å². The van der Waals surface area contributed by atoms with Crippen molar-refractivity contribution < 1.29 is 4.79 Å². The second-order valence-electron chi connectivity index (χ2n) is 6.91. The fraction of sp³-hybridized carbons (Fsp3) is 0.300. The third-order valence-electron chi connectivity index (χ3n) is 5.06. The number of nitrogens with zero attached hydrogens (tertiary/aromatic N) is 3. The van der Waals surface area contributed by atoms with Crippen molar-refractivity contribution >= 4 is 28.3 Å². The summed E-state index contributed by atoms with van der Waals surface area (Å²) < 4.78 is 1.42. The molecule has 8 heteroatoms. The number of aromatic amines is 1. The topological polar surface area (TPSA) is 114 Å². The zero-order valence-electron chi connectivity index (χ0n) is 15.6. The number of rotatable bonds is 3. The third-order valence-corrected chi connectivity index (χ3v) is 5.06. The molecule has 3 aromatic rings. The largest absolute Gasteiger partial charge is 0.398 e. The van der Waals surface area contributed by atoms with Crippen LogP contribution in [-0.2, 0) is 13.0 Å². The van der Waals surface area contributed by atoms with E-state index >= 15 is 0 Å². The molecule has 0 aliphatic carbocycles. The number of nitrogens with one attached hydrogen (secondary N) is 1. The molecule has 0 fully saturated rings. The van der Waals surface area contributed by atoms with Crippen molar-refractivity contribution in [2.45, 2.75) is 32.7 Å². The van der Waals surface area contributed by atoms with E-state index in [1.807, 2.05) is 25.1 Å². The molecule has 3 heterocycles. The highest BCUT2D eigenvalue weighted by Crippen LogP contribution is 2.32. The molecule has 144 valence electrons. The molecule has 0 saturated carbocycles. The summed E-state index contributed by atoms with van der Waals surface area (Å²) in [5.41, 5.74) is 8.05. The molecule has 0 spiro atoms. The van der Waals surface area contributed by atoms with E-state index in [9.17, 15) is 14.4 Å². The molecule has 1 amide bonds. The molecule has 4 rings (SSSR count). The first kappa shape index (κ1) is 18.0. The highest BCUT2D eigenvalue weighted by molar-refractivity contribution is 6.08. The fourth-order valence-corrected chi connectivity index (χ4v) is 3.73. The van der Waals surface area contributed by atoms with Gasteiger partial charge in [-0.1, -0.05) is 13.0 Å². The van der Waals surface area contributed by atoms with Gasteiger partial charge in [0, 0.05) is 30.7 Å². The van der Waals surface area contributed by atoms with Crippen molar-refractivity contribution in [3.63, 3.8) is 0 Å². The Morgan fingerprint density at radius 3 is 2.93 bits per heavy atom. The smallest absolute Gasteiger partial charge is 0.329 e. The number of hydrogen-bond donors (Lipinski definition) is 2. The monoisotopic (exact) mass is 379 g/mol. The minimum atomic E-state index is -0.544. The normalized spacial score (nSPS) is 13.5. The third kappa shape index (κ3) is 2.87. The first-order valence-corrected chi connectivity index (χ1v) is 9.33. The first-order valence-electron chi connectivity index (χ1n) is 9.33. The molecule has 2 aromatic heterocycles. The summed E-state index contributed by atoms with van der Waals surface area (Å²) in [5, 5.41) is 0.226. The van der Waals surface area contributed by atoms with Crippen molar-refractivity contribution in [2.24, 2.45) is 0 Å². The molecule has 1 aromatic carbocycles. The van der Waals surface area contributed by atoms with E-state index in [2.05, 4.69) is 9.97 Å². The maximum absolute atomic E-state index is 13.2. The lowest BCUT2D eigenvalue weighted by Gasteiger charge is -2.30. The fourth-order valence-electron chi connectivity index (χ4n) is 3.73. The number of aromatic nitrogens is 3. The van der Waals surface area contributed by atoms with Crippen molar-refractivity contribution in [1.82, 2.24) is 14.5 Å². The van der Waals surface area contributed by atoms with Gasteiger partial charge in [0.25, 0.3) is 11.5 Å². The predicted octanol–water partition coefficient (Wildman–Crippen LogP) is 1.67. The number of nitrogen functional groups attached to an aromatic ring is 1. The van der Waals surface area contributed by atoms with Gasteiger partial charge in [-0.3, -0.25) is 19.1 Å². The number of H-pyrrole nitrogens is 1. The van der Waals surface area contributed by atoms with Crippen LogP contribution in [0, 0.1) is 0 Å². The van der Waals surface area contributed by atoms with Crippen LogP contribution in [0.1, 0.15) is 35.7 Å². The van der Waals surface area contributed by atoms with E-state index in [-0.39, 0.29) is 16.9 Å². The van der Waals surface area contributed by atoms with Gasteiger partial charge < -0.3 is 10.6 Å². The molecule has 28 heavy (non-hydrogen) atoms. The van der Waals surface area contributed by atoms with Crippen LogP contribution < -0.4 is 21.9 Å². The summed E-state index contributed by atoms with van der Waals surface area (Å²) in [6, 6.07) is 7.04. The molecule has 0 saturated heterocycles. The number of carbonyl (C=O) groups excluding carboxylic acids is 1. The predicted molar refractivity (Wildman–Crippen MR) is 108 cm³/mol. The van der Waals surface area contributed by atoms with E-state index in [0.29, 0.717) is 24.3 Å². The molecule has 1 aliphatic rings. The summed E-state index contributed by atoms with van der Waals surface area (Å²) in [4.78, 5) is 45.8. The van der Waals surface area contributed by atoms with Crippen LogP contribution >= 0.6 is 0 Å². The number of aryl methyl sites for hydroxylation is 1. The summed E-state index contributed by atoms with van der Waals surface area (Å²) in [5.74, 6) is -0.242. The van der Waals surface area contributed by atoms with Crippen LogP contribution in [-0.4, -0.2) is 27.0 Å². The molecule has 0 atom stereocenters. The summed E-state index contributed by atoms with van der Waals surface area (Å²) in [6.07, 6.45) is 3.78. The standard InChI is InChI=1S/C20H21N5O3/c1-2-8-25-17-14(18(26)23-20(25)28)10-12(11-22-17)19(27)24-9-4-5-13-15(21)6-3-7-16(13)24/h3,6-7,10-11H,2,4-5,8-9,21H2,1H3,(H,23,26,28). The van der Waals surface area contributed by atoms with Crippen molar-refractivity contribution in [3.05, 3.63) is 62.4 Å². The van der Waals surface area contributed by atoms with E-state index in [4.69, 9.17) is 5.73 Å². The van der Waals surface area contributed by atoms with Gasteiger partial charge in [-0.05, 0) is 43.0 Å². The number of carbonyl (C=O) groups is 1. The maximum atomic E-state index is 13.2. The lowest BCUT2D eigenvalue weighted by Crippen LogP contribution is -2.36. The first-order chi connectivity index (χ1) is 13.5. The summed E-state index contributed by atoms with van der Waals surface area (Å²) >= 11 is 0. The van der Waals surface area contributed by atoms with Gasteiger partial charge in [-0.15, -0.1) is 0 Å². The quantitative estimate of drug-likeness (QED) is 0.672. The Hall–Kier alpha value is -3.42. The second kappa shape index (κ2) is 6.95. The molecular formula is C20H21N5O3. The maximum Gasteiger partial charge on any atom is 0.329 e. The van der Waals surface area contributed by atoms with Gasteiger partial charge in [0.15, 0.2) is 0 Å². The number of hydrogen-bond acceptors (Lipinski definition) is 5. The van der Waals surface area contributed by atoms with Crippen LogP contribution in [0.15, 0.2) is 40.1 Å². The van der Waals surface area contributed by atoms with Crippen LogP contribution in [0.2, 0.25) is 0 Å². The zero-order chi connectivity index (χ0) is 19.8. The summed E-state index contributed by atoms with van der Waals surface area (Å²) in [6.45, 7) is 2.94. The highest BCUT2D eigenvalue weighted by Gasteiger charge is 2.25. The van der Waals surface area contributed by atoms with E-state index in [1.165, 1.54) is 16.8 Å². The molecule has 8 nitrogen and oxygen atoms in total. The van der Waals surface area contributed by atoms with Crippen molar-refractivity contribution in [2.75, 3.05) is 17.2 Å². The van der Waals surface area contributed by atoms with Crippen LogP contribution in [0.3, 0.4) is 0 Å². The zero-order valence-corrected chi connectivity index (χ0v) is 15.6. The van der Waals surface area contributed by atoms with Gasteiger partial charge in [0.05, 0.1) is 10.9 Å². The molecular weight excluding hydrogens is 358 g/mol. The van der Waals surface area contributed by atoms with Crippen molar-refractivity contribution in [3.8, 4) is 0 Å². The molecule has 0 unspecified atom stereocenters. The van der Waals surface area contributed by atoms with Gasteiger partial charge >= 0.3 is 5.69 Å². The SMILES string of the molecule is CCCn1c(=O)[nH]c(=O)c2cc(C(=O)N3CCCc4c(N)cccc43)cnc21. The number of benzene rings is 1. The lowest BCUT2D eigenvalue weighted by molar-refractivity contribution is 0.0985. The van der Waals surface area contributed by atoms with Gasteiger partial charge in [-0.25, -0.2) is 9.78 Å². The van der Waals surface area contributed by atoms with Crippen molar-refractivity contribution in [1.29, 1.82) is 0 Å². The average molecular weight is 379 g/mol. The molecule has 0 bridgehead atoms. The Balaban J connectivity index is 1.81. The minimum Gasteiger partial charge on any atom is -0.398 e. The van der Waals surface area contributed by atoms with E-state index in [0.717, 1.165) is 30.5 Å². The number of pyridine rings is 1. The number of anilines is 2. The molecule has 3 N–H and O–H groups in total. The minimum absolute atomic E-state index is 0.226. The number of amides is 1. The molecule has 0 radical (unpaired) electrons. The second-order valence-corrected chi connectivity index (χ2v) is 6.91. The van der Waals surface area contributed by atoms with E-state index in [1.54, 1.807) is 4.90 Å². The average Bonchev–Trinajstić information content (AvgIpc) is 2.70. The Kier molecular flexibility index (Phi) is 4.46. The number of nitrogens with two attached hydrogens (primary N) is 1. The Morgan fingerprint density at radius 2 is 2.14 bits per heavy atom. The molecule has 1 aliphatic heterocycles. The summed E-state index contributed by atoms with van der Waals surface area (Å²) in [7, 11) is 0. The van der Waals surface area contributed by atoms with Gasteiger partial charge in [-0.2, -0.15) is 0 Å². The van der Waals surface area contributed by atoms with Gasteiger partial charge in [0.2, 0.25) is 0 Å². The Labute approximate surface area is 160 Å². The number of fused-ring (bicyclic) bond motifs is 2. The Bertz CT molecular complexity index is 1190. The van der Waals surface area contributed by atoms with E-state index < -0.39 is 11.2 Å². The Morgan fingerprint density at radius 1 is 1.32 bits per heavy atom. The van der Waals surface area contributed by atoms with Crippen LogP contribution in [0.5, 0.6) is 0 Å². The van der Waals surface area contributed by atoms with Crippen LogP contribution in [0.4, 0.5) is 11.4 Å². The highest BCUT2D eigenvalue weighted by atomic mass is 16.2. The van der Waals surface area contributed by atoms with Gasteiger partial charge in [0.1, 0.15) is 5.65 Å².